The lowest BCUT2D eigenvalue weighted by atomic mass is 10.3. The molecule has 0 aliphatic rings. The lowest BCUT2D eigenvalue weighted by Gasteiger charge is -2.03. The number of non-ortho nitro benzene ring substituents is 1. The number of nitrogens with one attached hydrogen (secondary N) is 1. The standard InChI is InChI=1S/C11H12N2O5S/c14-10(12-6-5-11(15)16)7-19-9-3-1-8(2-4-9)13(17)18/h1-4H,5-7H2,(H,12,14)(H,15,16). The van der Waals surface area contributed by atoms with Crippen molar-refractivity contribution in [3.8, 4) is 0 Å². The number of nitro groups is 1. The number of hydrogen-bond acceptors (Lipinski definition) is 5. The predicted octanol–water partition coefficient (Wildman–Crippen LogP) is 1.28. The van der Waals surface area contributed by atoms with E-state index < -0.39 is 10.9 Å². The summed E-state index contributed by atoms with van der Waals surface area (Å²) in [6, 6.07) is 5.86. The fraction of sp³-hybridized carbons (Fsp3) is 0.273. The summed E-state index contributed by atoms with van der Waals surface area (Å²) in [6.45, 7) is 0.0923. The van der Waals surface area contributed by atoms with Crippen LogP contribution in [0.25, 0.3) is 0 Å². The van der Waals surface area contributed by atoms with Crippen molar-refractivity contribution in [3.63, 3.8) is 0 Å². The fourth-order valence-corrected chi connectivity index (χ4v) is 1.90. The van der Waals surface area contributed by atoms with Gasteiger partial charge in [0.2, 0.25) is 5.91 Å². The third-order valence-electron chi connectivity index (χ3n) is 2.08. The maximum absolute atomic E-state index is 11.3. The first-order chi connectivity index (χ1) is 8.99. The Labute approximate surface area is 113 Å². The molecule has 0 unspecified atom stereocenters. The van der Waals surface area contributed by atoms with E-state index in [2.05, 4.69) is 5.32 Å². The van der Waals surface area contributed by atoms with Crippen LogP contribution in [0.2, 0.25) is 0 Å². The molecule has 0 radical (unpaired) electrons. The molecule has 0 atom stereocenters. The minimum atomic E-state index is -0.969. The van der Waals surface area contributed by atoms with Gasteiger partial charge in [-0.3, -0.25) is 19.7 Å². The van der Waals surface area contributed by atoms with E-state index in [1.807, 2.05) is 0 Å². The lowest BCUT2D eigenvalue weighted by Crippen LogP contribution is -2.27. The van der Waals surface area contributed by atoms with Crippen LogP contribution >= 0.6 is 11.8 Å². The van der Waals surface area contributed by atoms with Gasteiger partial charge in [-0.25, -0.2) is 0 Å². The van der Waals surface area contributed by atoms with Crippen molar-refractivity contribution < 1.29 is 19.6 Å². The molecule has 8 heteroatoms. The van der Waals surface area contributed by atoms with Crippen molar-refractivity contribution in [1.29, 1.82) is 0 Å². The van der Waals surface area contributed by atoms with Gasteiger partial charge in [0, 0.05) is 23.6 Å². The summed E-state index contributed by atoms with van der Waals surface area (Å²) in [5.41, 5.74) is -0.00439. The Morgan fingerprint density at radius 1 is 1.32 bits per heavy atom. The molecule has 0 spiro atoms. The van der Waals surface area contributed by atoms with E-state index in [1.165, 1.54) is 23.9 Å². The molecule has 0 aliphatic carbocycles. The number of hydrogen-bond donors (Lipinski definition) is 2. The number of aliphatic carboxylic acids is 1. The largest absolute Gasteiger partial charge is 0.481 e. The monoisotopic (exact) mass is 284 g/mol. The third-order valence-corrected chi connectivity index (χ3v) is 3.09. The highest BCUT2D eigenvalue weighted by Crippen LogP contribution is 2.20. The van der Waals surface area contributed by atoms with E-state index in [4.69, 9.17) is 5.11 Å². The highest BCUT2D eigenvalue weighted by Gasteiger charge is 2.06. The van der Waals surface area contributed by atoms with Crippen molar-refractivity contribution in [2.24, 2.45) is 0 Å². The maximum Gasteiger partial charge on any atom is 0.305 e. The summed E-state index contributed by atoms with van der Waals surface area (Å²) in [5.74, 6) is -1.11. The number of thioether (sulfide) groups is 1. The van der Waals surface area contributed by atoms with Crippen LogP contribution in [-0.2, 0) is 9.59 Å². The van der Waals surface area contributed by atoms with Gasteiger partial charge >= 0.3 is 5.97 Å². The molecular weight excluding hydrogens is 272 g/mol. The second kappa shape index (κ2) is 7.37. The minimum absolute atomic E-state index is 0.00439. The lowest BCUT2D eigenvalue weighted by molar-refractivity contribution is -0.384. The Morgan fingerprint density at radius 3 is 2.47 bits per heavy atom. The number of benzene rings is 1. The first-order valence-electron chi connectivity index (χ1n) is 5.35. The number of carboxylic acid groups (broad SMARTS) is 1. The molecule has 0 saturated heterocycles. The van der Waals surface area contributed by atoms with Crippen molar-refractivity contribution in [2.45, 2.75) is 11.3 Å². The molecule has 0 aromatic heterocycles. The van der Waals surface area contributed by atoms with E-state index in [0.717, 1.165) is 4.90 Å². The van der Waals surface area contributed by atoms with Crippen molar-refractivity contribution >= 4 is 29.3 Å². The summed E-state index contributed by atoms with van der Waals surface area (Å²) >= 11 is 1.23. The van der Waals surface area contributed by atoms with Gasteiger partial charge < -0.3 is 10.4 Å². The molecule has 1 amide bonds. The first-order valence-corrected chi connectivity index (χ1v) is 6.33. The number of carbonyl (C=O) groups excluding carboxylic acids is 1. The van der Waals surface area contributed by atoms with Gasteiger partial charge in [-0.05, 0) is 12.1 Å². The fourth-order valence-electron chi connectivity index (χ4n) is 1.17. The highest BCUT2D eigenvalue weighted by molar-refractivity contribution is 8.00. The van der Waals surface area contributed by atoms with Crippen LogP contribution < -0.4 is 5.32 Å². The van der Waals surface area contributed by atoms with Crippen LogP contribution in [0.15, 0.2) is 29.2 Å². The van der Waals surface area contributed by atoms with Crippen molar-refractivity contribution in [1.82, 2.24) is 5.32 Å². The quantitative estimate of drug-likeness (QED) is 0.443. The van der Waals surface area contributed by atoms with Crippen LogP contribution in [0.5, 0.6) is 0 Å². The Kier molecular flexibility index (Phi) is 5.80. The van der Waals surface area contributed by atoms with Crippen LogP contribution in [0.4, 0.5) is 5.69 Å². The molecule has 102 valence electrons. The average Bonchev–Trinajstić information content (AvgIpc) is 2.36. The molecule has 0 heterocycles. The highest BCUT2D eigenvalue weighted by atomic mass is 32.2. The normalized spacial score (nSPS) is 9.89. The van der Waals surface area contributed by atoms with Crippen LogP contribution in [-0.4, -0.2) is 34.2 Å². The predicted molar refractivity (Wildman–Crippen MR) is 69.1 cm³/mol. The molecule has 19 heavy (non-hydrogen) atoms. The van der Waals surface area contributed by atoms with Gasteiger partial charge in [-0.2, -0.15) is 0 Å². The maximum atomic E-state index is 11.3. The van der Waals surface area contributed by atoms with Crippen LogP contribution in [0.1, 0.15) is 6.42 Å². The summed E-state index contributed by atoms with van der Waals surface area (Å²) in [5, 5.41) is 21.3. The molecule has 7 nitrogen and oxygen atoms in total. The van der Waals surface area contributed by atoms with Gasteiger partial charge in [0.05, 0.1) is 17.1 Å². The Bertz CT molecular complexity index is 474. The first kappa shape index (κ1) is 15.0. The number of amides is 1. The molecule has 0 bridgehead atoms. The molecule has 1 rings (SSSR count). The zero-order valence-corrected chi connectivity index (χ0v) is 10.7. The molecular formula is C11H12N2O5S. The molecule has 0 fully saturated rings. The Hall–Kier alpha value is -2.09. The average molecular weight is 284 g/mol. The van der Waals surface area contributed by atoms with E-state index in [0.29, 0.717) is 0 Å². The van der Waals surface area contributed by atoms with Crippen LogP contribution in [0, 0.1) is 10.1 Å². The Morgan fingerprint density at radius 2 is 1.95 bits per heavy atom. The molecule has 0 saturated carbocycles. The number of nitro benzene ring substituents is 1. The van der Waals surface area contributed by atoms with Gasteiger partial charge in [0.15, 0.2) is 0 Å². The van der Waals surface area contributed by atoms with Crippen molar-refractivity contribution in [3.05, 3.63) is 34.4 Å². The topological polar surface area (TPSA) is 110 Å². The van der Waals surface area contributed by atoms with Gasteiger partial charge in [-0.15, -0.1) is 11.8 Å². The van der Waals surface area contributed by atoms with E-state index >= 15 is 0 Å². The Balaban J connectivity index is 2.33. The molecule has 2 N–H and O–H groups in total. The second-order valence-corrected chi connectivity index (χ2v) is 4.58. The second-order valence-electron chi connectivity index (χ2n) is 3.53. The number of rotatable bonds is 7. The number of nitrogens with zero attached hydrogens (tertiary/aromatic N) is 1. The van der Waals surface area contributed by atoms with Gasteiger partial charge in [0.1, 0.15) is 0 Å². The zero-order chi connectivity index (χ0) is 14.3. The van der Waals surface area contributed by atoms with Gasteiger partial charge in [0.25, 0.3) is 5.69 Å². The van der Waals surface area contributed by atoms with E-state index in [-0.39, 0.29) is 30.3 Å². The van der Waals surface area contributed by atoms with Gasteiger partial charge in [-0.1, -0.05) is 0 Å². The zero-order valence-electron chi connectivity index (χ0n) is 9.87. The van der Waals surface area contributed by atoms with Crippen LogP contribution in [0.3, 0.4) is 0 Å². The summed E-state index contributed by atoms with van der Waals surface area (Å²) < 4.78 is 0. The van der Waals surface area contributed by atoms with Crippen molar-refractivity contribution in [2.75, 3.05) is 12.3 Å². The smallest absolute Gasteiger partial charge is 0.305 e. The third kappa shape index (κ3) is 5.87. The number of carboxylic acids is 1. The molecule has 1 aromatic rings. The summed E-state index contributed by atoms with van der Waals surface area (Å²) in [6.07, 6.45) is -0.117. The summed E-state index contributed by atoms with van der Waals surface area (Å²) in [7, 11) is 0. The van der Waals surface area contributed by atoms with E-state index in [1.54, 1.807) is 12.1 Å². The number of carbonyl (C=O) groups is 2. The SMILES string of the molecule is O=C(O)CCNC(=O)CSc1ccc([N+](=O)[O-])cc1. The molecule has 1 aromatic carbocycles. The minimum Gasteiger partial charge on any atom is -0.481 e. The van der Waals surface area contributed by atoms with E-state index in [9.17, 15) is 19.7 Å². The molecule has 0 aliphatic heterocycles. The summed E-state index contributed by atoms with van der Waals surface area (Å²) in [4.78, 5) is 32.3.